The summed E-state index contributed by atoms with van der Waals surface area (Å²) < 4.78 is 0. The lowest BCUT2D eigenvalue weighted by molar-refractivity contribution is -0.140. The van der Waals surface area contributed by atoms with Crippen LogP contribution in [0.15, 0.2) is 12.4 Å². The van der Waals surface area contributed by atoms with Crippen molar-refractivity contribution in [2.24, 2.45) is 5.41 Å². The van der Waals surface area contributed by atoms with Crippen LogP contribution in [0.3, 0.4) is 0 Å². The van der Waals surface area contributed by atoms with Gasteiger partial charge in [-0.25, -0.2) is 0 Å². The lowest BCUT2D eigenvalue weighted by Crippen LogP contribution is -2.54. The molecule has 1 aromatic heterocycles. The van der Waals surface area contributed by atoms with E-state index in [9.17, 15) is 9.59 Å². The molecule has 0 N–H and O–H groups in total. The summed E-state index contributed by atoms with van der Waals surface area (Å²) in [5, 5.41) is 0. The first kappa shape index (κ1) is 19.3. The predicted octanol–water partition coefficient (Wildman–Crippen LogP) is 1.61. The molecule has 0 aromatic carbocycles. The van der Waals surface area contributed by atoms with Crippen LogP contribution in [0.4, 0.5) is 0 Å². The Labute approximate surface area is 167 Å². The van der Waals surface area contributed by atoms with Crippen molar-refractivity contribution < 1.29 is 9.59 Å². The standard InChI is InChI=1S/C21H31N5O2/c1-17-12-23-18(13-22-17)14-26-16-21(7-5-20(26)28)6-3-8-24(15-21)10-11-25-9-2-4-19(25)27/h12-13H,2-11,14-16H2,1H3/t21-/m1/s1. The van der Waals surface area contributed by atoms with E-state index >= 15 is 0 Å². The molecule has 3 aliphatic rings. The molecular weight excluding hydrogens is 354 g/mol. The molecule has 0 bridgehead atoms. The van der Waals surface area contributed by atoms with E-state index in [-0.39, 0.29) is 11.3 Å². The van der Waals surface area contributed by atoms with Gasteiger partial charge in [-0.15, -0.1) is 0 Å². The van der Waals surface area contributed by atoms with Crippen molar-refractivity contribution in [1.29, 1.82) is 0 Å². The zero-order chi connectivity index (χ0) is 19.6. The fourth-order valence-corrected chi connectivity index (χ4v) is 4.98. The molecule has 2 amide bonds. The predicted molar refractivity (Wildman–Crippen MR) is 105 cm³/mol. The van der Waals surface area contributed by atoms with Crippen molar-refractivity contribution >= 4 is 11.8 Å². The molecule has 3 fully saturated rings. The SMILES string of the molecule is Cc1cnc(CN2C[C@]3(CCCN(CCN4CCCC4=O)C3)CCC2=O)cn1. The van der Waals surface area contributed by atoms with Gasteiger partial charge in [-0.05, 0) is 39.2 Å². The highest BCUT2D eigenvalue weighted by atomic mass is 16.2. The highest BCUT2D eigenvalue weighted by molar-refractivity contribution is 5.78. The lowest BCUT2D eigenvalue weighted by Gasteiger charge is -2.48. The number of nitrogens with zero attached hydrogens (tertiary/aromatic N) is 5. The number of rotatable bonds is 5. The zero-order valence-electron chi connectivity index (χ0n) is 16.9. The number of carbonyl (C=O) groups excluding carboxylic acids is 2. The molecule has 1 spiro atoms. The molecule has 7 nitrogen and oxygen atoms in total. The smallest absolute Gasteiger partial charge is 0.222 e. The van der Waals surface area contributed by atoms with Gasteiger partial charge in [0.1, 0.15) is 0 Å². The van der Waals surface area contributed by atoms with Gasteiger partial charge < -0.3 is 14.7 Å². The number of hydrogen-bond acceptors (Lipinski definition) is 5. The number of carbonyl (C=O) groups is 2. The van der Waals surface area contributed by atoms with E-state index in [1.807, 2.05) is 16.7 Å². The largest absolute Gasteiger partial charge is 0.341 e. The van der Waals surface area contributed by atoms with Crippen LogP contribution >= 0.6 is 0 Å². The molecule has 0 aliphatic carbocycles. The minimum absolute atomic E-state index is 0.180. The van der Waals surface area contributed by atoms with Crippen molar-refractivity contribution in [1.82, 2.24) is 24.7 Å². The van der Waals surface area contributed by atoms with Crippen LogP contribution in [-0.4, -0.2) is 75.8 Å². The fraction of sp³-hybridized carbons (Fsp3) is 0.714. The Balaban J connectivity index is 1.36. The Bertz CT molecular complexity index is 722. The highest BCUT2D eigenvalue weighted by Gasteiger charge is 2.41. The van der Waals surface area contributed by atoms with Gasteiger partial charge >= 0.3 is 0 Å². The molecule has 7 heteroatoms. The van der Waals surface area contributed by atoms with Crippen molar-refractivity contribution in [3.05, 3.63) is 23.8 Å². The number of amides is 2. The topological polar surface area (TPSA) is 69.6 Å². The van der Waals surface area contributed by atoms with Crippen molar-refractivity contribution in [3.63, 3.8) is 0 Å². The van der Waals surface area contributed by atoms with Gasteiger partial charge in [-0.1, -0.05) is 0 Å². The summed E-state index contributed by atoms with van der Waals surface area (Å²) >= 11 is 0. The molecule has 152 valence electrons. The summed E-state index contributed by atoms with van der Waals surface area (Å²) in [6.45, 7) is 8.11. The Morgan fingerprint density at radius 2 is 1.79 bits per heavy atom. The first-order valence-electron chi connectivity index (χ1n) is 10.6. The molecular formula is C21H31N5O2. The Morgan fingerprint density at radius 1 is 0.929 bits per heavy atom. The molecule has 0 unspecified atom stereocenters. The summed E-state index contributed by atoms with van der Waals surface area (Å²) in [5.41, 5.74) is 1.93. The zero-order valence-corrected chi connectivity index (χ0v) is 16.9. The van der Waals surface area contributed by atoms with Crippen molar-refractivity contribution in [3.8, 4) is 0 Å². The third-order valence-electron chi connectivity index (χ3n) is 6.53. The van der Waals surface area contributed by atoms with Gasteiger partial charge in [0, 0.05) is 57.2 Å². The van der Waals surface area contributed by atoms with E-state index in [4.69, 9.17) is 0 Å². The first-order chi connectivity index (χ1) is 13.5. The van der Waals surface area contributed by atoms with E-state index in [0.717, 1.165) is 63.5 Å². The average Bonchev–Trinajstić information content (AvgIpc) is 3.10. The van der Waals surface area contributed by atoms with Crippen LogP contribution in [0.1, 0.15) is 49.9 Å². The van der Waals surface area contributed by atoms with Crippen LogP contribution in [0.25, 0.3) is 0 Å². The number of hydrogen-bond donors (Lipinski definition) is 0. The average molecular weight is 386 g/mol. The highest BCUT2D eigenvalue weighted by Crippen LogP contribution is 2.39. The summed E-state index contributed by atoms with van der Waals surface area (Å²) in [4.78, 5) is 39.6. The van der Waals surface area contributed by atoms with E-state index in [0.29, 0.717) is 25.3 Å². The van der Waals surface area contributed by atoms with E-state index in [1.165, 1.54) is 12.8 Å². The lowest BCUT2D eigenvalue weighted by atomic mass is 9.73. The third-order valence-corrected chi connectivity index (χ3v) is 6.53. The number of piperidine rings is 2. The number of likely N-dealkylation sites (tertiary alicyclic amines) is 3. The number of aryl methyl sites for hydroxylation is 1. The number of aromatic nitrogens is 2. The molecule has 1 atom stereocenters. The quantitative estimate of drug-likeness (QED) is 0.770. The van der Waals surface area contributed by atoms with E-state index in [1.54, 1.807) is 12.4 Å². The Morgan fingerprint density at radius 3 is 2.54 bits per heavy atom. The van der Waals surface area contributed by atoms with Gasteiger partial charge in [0.2, 0.25) is 11.8 Å². The van der Waals surface area contributed by atoms with Crippen molar-refractivity contribution in [2.75, 3.05) is 39.3 Å². The summed E-state index contributed by atoms with van der Waals surface area (Å²) in [5.74, 6) is 0.535. The maximum Gasteiger partial charge on any atom is 0.222 e. The minimum Gasteiger partial charge on any atom is -0.341 e. The second-order valence-electron chi connectivity index (χ2n) is 8.76. The Kier molecular flexibility index (Phi) is 5.62. The van der Waals surface area contributed by atoms with E-state index < -0.39 is 0 Å². The molecule has 3 saturated heterocycles. The summed E-state index contributed by atoms with van der Waals surface area (Å²) in [6, 6.07) is 0. The van der Waals surface area contributed by atoms with Crippen LogP contribution in [0.2, 0.25) is 0 Å². The van der Waals surface area contributed by atoms with Crippen LogP contribution in [-0.2, 0) is 16.1 Å². The monoisotopic (exact) mass is 385 g/mol. The van der Waals surface area contributed by atoms with Gasteiger partial charge in [-0.3, -0.25) is 19.6 Å². The van der Waals surface area contributed by atoms with Crippen LogP contribution in [0, 0.1) is 12.3 Å². The summed E-state index contributed by atoms with van der Waals surface area (Å²) in [7, 11) is 0. The molecule has 4 heterocycles. The first-order valence-corrected chi connectivity index (χ1v) is 10.6. The van der Waals surface area contributed by atoms with Crippen LogP contribution in [0.5, 0.6) is 0 Å². The van der Waals surface area contributed by atoms with Crippen molar-refractivity contribution in [2.45, 2.75) is 52.0 Å². The van der Waals surface area contributed by atoms with Gasteiger partial charge in [0.25, 0.3) is 0 Å². The fourth-order valence-electron chi connectivity index (χ4n) is 4.98. The minimum atomic E-state index is 0.180. The Hall–Kier alpha value is -2.02. The molecule has 3 aliphatic heterocycles. The molecule has 4 rings (SSSR count). The molecule has 0 saturated carbocycles. The second-order valence-corrected chi connectivity index (χ2v) is 8.76. The van der Waals surface area contributed by atoms with Gasteiger partial charge in [0.05, 0.1) is 24.1 Å². The molecule has 0 radical (unpaired) electrons. The van der Waals surface area contributed by atoms with E-state index in [2.05, 4.69) is 14.9 Å². The maximum absolute atomic E-state index is 12.5. The van der Waals surface area contributed by atoms with Gasteiger partial charge in [0.15, 0.2) is 0 Å². The third kappa shape index (κ3) is 4.35. The summed E-state index contributed by atoms with van der Waals surface area (Å²) in [6.07, 6.45) is 9.20. The van der Waals surface area contributed by atoms with Crippen LogP contribution < -0.4 is 0 Å². The maximum atomic E-state index is 12.5. The molecule has 1 aromatic rings. The normalized spacial score (nSPS) is 26.5. The second kappa shape index (κ2) is 8.15. The molecule has 28 heavy (non-hydrogen) atoms. The van der Waals surface area contributed by atoms with Gasteiger partial charge in [-0.2, -0.15) is 0 Å².